The summed E-state index contributed by atoms with van der Waals surface area (Å²) in [6.45, 7) is 4.47. The van der Waals surface area contributed by atoms with E-state index in [1.54, 1.807) is 0 Å². The van der Waals surface area contributed by atoms with Crippen LogP contribution in [0.1, 0.15) is 31.4 Å². The molecule has 26 heavy (non-hydrogen) atoms. The molecule has 4 heteroatoms. The van der Waals surface area contributed by atoms with Gasteiger partial charge in [-0.2, -0.15) is 0 Å². The van der Waals surface area contributed by atoms with E-state index in [0.717, 1.165) is 19.3 Å². The second-order valence-corrected chi connectivity index (χ2v) is 6.90. The molecule has 0 aliphatic heterocycles. The van der Waals surface area contributed by atoms with Gasteiger partial charge in [-0.1, -0.05) is 67.6 Å². The smallest absolute Gasteiger partial charge is 0.309 e. The van der Waals surface area contributed by atoms with Crippen LogP contribution in [0.5, 0.6) is 0 Å². The largest absolute Gasteiger partial charge is 0.348 e. The predicted octanol–water partition coefficient (Wildman–Crippen LogP) is 3.12. The second-order valence-electron chi connectivity index (χ2n) is 6.90. The maximum atomic E-state index is 12.0. The van der Waals surface area contributed by atoms with E-state index in [4.69, 9.17) is 0 Å². The summed E-state index contributed by atoms with van der Waals surface area (Å²) in [6.07, 6.45) is 2.54. The van der Waals surface area contributed by atoms with Gasteiger partial charge in [0.1, 0.15) is 0 Å². The molecule has 2 N–H and O–H groups in total. The molecule has 2 amide bonds. The van der Waals surface area contributed by atoms with Crippen molar-refractivity contribution in [1.82, 2.24) is 10.6 Å². The van der Waals surface area contributed by atoms with Crippen LogP contribution < -0.4 is 10.6 Å². The highest BCUT2D eigenvalue weighted by molar-refractivity contribution is 6.35. The monoisotopic (exact) mass is 352 g/mol. The zero-order valence-electron chi connectivity index (χ0n) is 15.6. The lowest BCUT2D eigenvalue weighted by Gasteiger charge is -2.15. The Balaban J connectivity index is 1.67. The minimum Gasteiger partial charge on any atom is -0.348 e. The number of amides is 2. The van der Waals surface area contributed by atoms with Gasteiger partial charge in [-0.15, -0.1) is 0 Å². The summed E-state index contributed by atoms with van der Waals surface area (Å²) in [6, 6.07) is 20.2. The maximum absolute atomic E-state index is 12.0. The first-order chi connectivity index (χ1) is 12.5. The molecule has 2 rings (SSSR count). The zero-order valence-corrected chi connectivity index (χ0v) is 15.6. The number of hydrogen-bond acceptors (Lipinski definition) is 2. The average Bonchev–Trinajstić information content (AvgIpc) is 2.66. The molecule has 0 radical (unpaired) electrons. The van der Waals surface area contributed by atoms with Gasteiger partial charge in [-0.3, -0.25) is 9.59 Å². The molecule has 0 aliphatic carbocycles. The Hall–Kier alpha value is -2.62. The predicted molar refractivity (Wildman–Crippen MR) is 105 cm³/mol. The zero-order chi connectivity index (χ0) is 18.8. The molecule has 0 saturated heterocycles. The van der Waals surface area contributed by atoms with Crippen molar-refractivity contribution in [2.75, 3.05) is 6.54 Å². The lowest BCUT2D eigenvalue weighted by atomic mass is 10.0. The van der Waals surface area contributed by atoms with E-state index in [2.05, 4.69) is 41.8 Å². The number of benzene rings is 2. The van der Waals surface area contributed by atoms with Crippen molar-refractivity contribution in [2.24, 2.45) is 5.92 Å². The van der Waals surface area contributed by atoms with Crippen LogP contribution in [0.3, 0.4) is 0 Å². The van der Waals surface area contributed by atoms with Crippen LogP contribution in [0.2, 0.25) is 0 Å². The SMILES string of the molecule is C[C@@H](CNC(=O)C(=O)N[C@H](C)CCc1ccccc1)Cc1ccccc1. The summed E-state index contributed by atoms with van der Waals surface area (Å²) < 4.78 is 0. The normalized spacial score (nSPS) is 12.8. The summed E-state index contributed by atoms with van der Waals surface area (Å²) in [4.78, 5) is 24.0. The van der Waals surface area contributed by atoms with Crippen LogP contribution in [-0.2, 0) is 22.4 Å². The van der Waals surface area contributed by atoms with Crippen molar-refractivity contribution < 1.29 is 9.59 Å². The van der Waals surface area contributed by atoms with Crippen LogP contribution in [-0.4, -0.2) is 24.4 Å². The van der Waals surface area contributed by atoms with Crippen molar-refractivity contribution >= 4 is 11.8 Å². The minimum absolute atomic E-state index is 0.0461. The van der Waals surface area contributed by atoms with Gasteiger partial charge in [-0.05, 0) is 43.2 Å². The summed E-state index contributed by atoms with van der Waals surface area (Å²) in [5.41, 5.74) is 2.46. The topological polar surface area (TPSA) is 58.2 Å². The van der Waals surface area contributed by atoms with Gasteiger partial charge >= 0.3 is 11.8 Å². The lowest BCUT2D eigenvalue weighted by Crippen LogP contribution is -2.44. The van der Waals surface area contributed by atoms with E-state index in [1.807, 2.05) is 43.3 Å². The fourth-order valence-corrected chi connectivity index (χ4v) is 2.83. The first-order valence-electron chi connectivity index (χ1n) is 9.21. The molecule has 0 spiro atoms. The molecule has 0 heterocycles. The molecule has 0 bridgehead atoms. The number of rotatable bonds is 8. The third-order valence-corrected chi connectivity index (χ3v) is 4.33. The van der Waals surface area contributed by atoms with Gasteiger partial charge in [0.05, 0.1) is 0 Å². The van der Waals surface area contributed by atoms with Crippen LogP contribution in [0.4, 0.5) is 0 Å². The van der Waals surface area contributed by atoms with Gasteiger partial charge < -0.3 is 10.6 Å². The molecule has 2 aromatic carbocycles. The van der Waals surface area contributed by atoms with Crippen molar-refractivity contribution in [3.63, 3.8) is 0 Å². The highest BCUT2D eigenvalue weighted by Crippen LogP contribution is 2.07. The van der Waals surface area contributed by atoms with Crippen LogP contribution in [0, 0.1) is 5.92 Å². The molecule has 2 atom stereocenters. The van der Waals surface area contributed by atoms with E-state index in [0.29, 0.717) is 6.54 Å². The molecule has 138 valence electrons. The third kappa shape index (κ3) is 7.09. The number of aryl methyl sites for hydroxylation is 1. The standard InChI is InChI=1S/C22H28N2O2/c1-17(15-20-11-7-4-8-12-20)16-23-21(25)22(26)24-18(2)13-14-19-9-5-3-6-10-19/h3-12,17-18H,13-16H2,1-2H3,(H,23,25)(H,24,26)/t17-,18-/m1/s1. The number of carbonyl (C=O) groups is 2. The van der Waals surface area contributed by atoms with Gasteiger partial charge in [0.2, 0.25) is 0 Å². The Morgan fingerprint density at radius 1 is 0.846 bits per heavy atom. The molecule has 0 unspecified atom stereocenters. The molecule has 0 aromatic heterocycles. The maximum Gasteiger partial charge on any atom is 0.309 e. The Kier molecular flexibility index (Phi) is 7.87. The molecule has 0 aliphatic rings. The van der Waals surface area contributed by atoms with E-state index >= 15 is 0 Å². The lowest BCUT2D eigenvalue weighted by molar-refractivity contribution is -0.139. The average molecular weight is 352 g/mol. The van der Waals surface area contributed by atoms with Gasteiger partial charge in [-0.25, -0.2) is 0 Å². The molecular formula is C22H28N2O2. The van der Waals surface area contributed by atoms with Crippen molar-refractivity contribution in [3.05, 3.63) is 71.8 Å². The number of carbonyl (C=O) groups excluding carboxylic acids is 2. The van der Waals surface area contributed by atoms with Crippen LogP contribution in [0.15, 0.2) is 60.7 Å². The molecule has 0 saturated carbocycles. The summed E-state index contributed by atoms with van der Waals surface area (Å²) >= 11 is 0. The fraction of sp³-hybridized carbons (Fsp3) is 0.364. The molecule has 2 aromatic rings. The summed E-state index contributed by atoms with van der Waals surface area (Å²) in [7, 11) is 0. The summed E-state index contributed by atoms with van der Waals surface area (Å²) in [5, 5.41) is 5.50. The minimum atomic E-state index is -0.559. The highest BCUT2D eigenvalue weighted by Gasteiger charge is 2.16. The highest BCUT2D eigenvalue weighted by atomic mass is 16.2. The van der Waals surface area contributed by atoms with Crippen molar-refractivity contribution in [3.8, 4) is 0 Å². The number of nitrogens with one attached hydrogen (secondary N) is 2. The Morgan fingerprint density at radius 3 is 2.04 bits per heavy atom. The third-order valence-electron chi connectivity index (χ3n) is 4.33. The molecule has 4 nitrogen and oxygen atoms in total. The Bertz CT molecular complexity index is 686. The van der Waals surface area contributed by atoms with Crippen LogP contribution in [0.25, 0.3) is 0 Å². The van der Waals surface area contributed by atoms with Crippen molar-refractivity contribution in [1.29, 1.82) is 0 Å². The van der Waals surface area contributed by atoms with Gasteiger partial charge in [0.15, 0.2) is 0 Å². The Morgan fingerprint density at radius 2 is 1.42 bits per heavy atom. The van der Waals surface area contributed by atoms with Gasteiger partial charge in [0.25, 0.3) is 0 Å². The quantitative estimate of drug-likeness (QED) is 0.717. The summed E-state index contributed by atoms with van der Waals surface area (Å²) in [5.74, 6) is -0.849. The first-order valence-corrected chi connectivity index (χ1v) is 9.21. The molecular weight excluding hydrogens is 324 g/mol. The first kappa shape index (κ1) is 19.7. The molecule has 0 fully saturated rings. The van der Waals surface area contributed by atoms with Crippen molar-refractivity contribution in [2.45, 2.75) is 39.2 Å². The van der Waals surface area contributed by atoms with Crippen LogP contribution >= 0.6 is 0 Å². The van der Waals surface area contributed by atoms with Gasteiger partial charge in [0, 0.05) is 12.6 Å². The Labute approximate surface area is 156 Å². The second kappa shape index (κ2) is 10.4. The van der Waals surface area contributed by atoms with E-state index in [1.165, 1.54) is 11.1 Å². The van der Waals surface area contributed by atoms with E-state index < -0.39 is 11.8 Å². The van der Waals surface area contributed by atoms with E-state index in [-0.39, 0.29) is 12.0 Å². The fourth-order valence-electron chi connectivity index (χ4n) is 2.83. The van der Waals surface area contributed by atoms with E-state index in [9.17, 15) is 9.59 Å². The number of hydrogen-bond donors (Lipinski definition) is 2.